The van der Waals surface area contributed by atoms with Crippen molar-refractivity contribution in [2.45, 2.75) is 0 Å². The zero-order chi connectivity index (χ0) is 20.2. The zero-order valence-corrected chi connectivity index (χ0v) is 15.8. The van der Waals surface area contributed by atoms with Crippen LogP contribution in [0.25, 0.3) is 11.0 Å². The zero-order valence-electron chi connectivity index (χ0n) is 15.0. The fourth-order valence-corrected chi connectivity index (χ4v) is 2.91. The highest BCUT2D eigenvalue weighted by molar-refractivity contribution is 7.80. The summed E-state index contributed by atoms with van der Waals surface area (Å²) in [7, 11) is 0. The van der Waals surface area contributed by atoms with Crippen molar-refractivity contribution in [2.24, 2.45) is 0 Å². The van der Waals surface area contributed by atoms with E-state index in [0.29, 0.717) is 17.0 Å². The minimum absolute atomic E-state index is 0.102. The number of rotatable bonds is 4. The Bertz CT molecular complexity index is 1160. The van der Waals surface area contributed by atoms with Gasteiger partial charge in [0, 0.05) is 16.8 Å². The van der Waals surface area contributed by atoms with E-state index in [4.69, 9.17) is 21.1 Å². The lowest BCUT2D eigenvalue weighted by Crippen LogP contribution is -2.33. The van der Waals surface area contributed by atoms with E-state index >= 15 is 0 Å². The molecule has 0 atom stereocenters. The summed E-state index contributed by atoms with van der Waals surface area (Å²) in [4.78, 5) is 24.4. The Morgan fingerprint density at radius 3 is 2.34 bits per heavy atom. The molecule has 0 fully saturated rings. The van der Waals surface area contributed by atoms with Crippen LogP contribution in [0.1, 0.15) is 21.1 Å². The highest BCUT2D eigenvalue weighted by Gasteiger charge is 2.14. The molecule has 0 aliphatic rings. The molecule has 2 aromatic carbocycles. The van der Waals surface area contributed by atoms with Gasteiger partial charge in [0.1, 0.15) is 5.58 Å². The van der Waals surface area contributed by atoms with Crippen LogP contribution in [0.4, 0.5) is 11.4 Å². The van der Waals surface area contributed by atoms with Gasteiger partial charge in [0.25, 0.3) is 11.8 Å². The molecular weight excluding hydrogens is 390 g/mol. The van der Waals surface area contributed by atoms with Gasteiger partial charge in [0.05, 0.1) is 6.26 Å². The molecule has 2 aromatic heterocycles. The first-order valence-electron chi connectivity index (χ1n) is 8.64. The summed E-state index contributed by atoms with van der Waals surface area (Å²) in [5.41, 5.74) is 1.76. The van der Waals surface area contributed by atoms with Crippen molar-refractivity contribution < 1.29 is 18.4 Å². The lowest BCUT2D eigenvalue weighted by atomic mass is 10.2. The van der Waals surface area contributed by atoms with Crippen LogP contribution in [0.2, 0.25) is 0 Å². The summed E-state index contributed by atoms with van der Waals surface area (Å²) < 4.78 is 10.6. The molecule has 144 valence electrons. The number of amides is 2. The van der Waals surface area contributed by atoms with Gasteiger partial charge in [-0.05, 0) is 54.7 Å². The van der Waals surface area contributed by atoms with Crippen molar-refractivity contribution >= 4 is 51.5 Å². The third-order valence-electron chi connectivity index (χ3n) is 4.00. The van der Waals surface area contributed by atoms with Gasteiger partial charge < -0.3 is 19.5 Å². The maximum atomic E-state index is 12.4. The van der Waals surface area contributed by atoms with E-state index in [-0.39, 0.29) is 22.5 Å². The second-order valence-electron chi connectivity index (χ2n) is 6.07. The summed E-state index contributed by atoms with van der Waals surface area (Å²) in [5.74, 6) is -0.458. The van der Waals surface area contributed by atoms with Crippen LogP contribution in [0.15, 0.2) is 81.8 Å². The molecule has 3 N–H and O–H groups in total. The molecule has 29 heavy (non-hydrogen) atoms. The first-order chi connectivity index (χ1) is 14.1. The van der Waals surface area contributed by atoms with Crippen LogP contribution in [-0.4, -0.2) is 16.9 Å². The van der Waals surface area contributed by atoms with Crippen LogP contribution < -0.4 is 16.0 Å². The minimum Gasteiger partial charge on any atom is -0.459 e. The predicted molar refractivity (Wildman–Crippen MR) is 113 cm³/mol. The number of fused-ring (bicyclic) bond motifs is 1. The predicted octanol–water partition coefficient (Wildman–Crippen LogP) is 4.40. The standard InChI is InChI=1S/C21H15N3O4S/c25-19(17-9-4-10-27-17)22-14-6-3-7-15(12-14)23-21(29)24-20(26)18-11-13-5-1-2-8-16(13)28-18/h1-12H,(H,22,25)(H2,23,24,26,29). The summed E-state index contributed by atoms with van der Waals surface area (Å²) in [6, 6.07) is 19.1. The SMILES string of the molecule is O=C(Nc1cccc(NC(=S)NC(=O)c2cc3ccccc3o2)c1)c1ccco1. The smallest absolute Gasteiger partial charge is 0.293 e. The highest BCUT2D eigenvalue weighted by atomic mass is 32.1. The Hall–Kier alpha value is -3.91. The first-order valence-corrected chi connectivity index (χ1v) is 9.05. The number of anilines is 2. The minimum atomic E-state index is -0.457. The maximum Gasteiger partial charge on any atom is 0.293 e. The van der Waals surface area contributed by atoms with E-state index < -0.39 is 5.91 Å². The van der Waals surface area contributed by atoms with E-state index in [1.165, 1.54) is 6.26 Å². The van der Waals surface area contributed by atoms with Crippen molar-refractivity contribution in [3.05, 3.63) is 84.5 Å². The molecule has 2 heterocycles. The van der Waals surface area contributed by atoms with Crippen molar-refractivity contribution in [3.63, 3.8) is 0 Å². The van der Waals surface area contributed by atoms with Gasteiger partial charge in [-0.2, -0.15) is 0 Å². The van der Waals surface area contributed by atoms with E-state index in [0.717, 1.165) is 5.39 Å². The molecule has 0 spiro atoms. The molecule has 4 aromatic rings. The molecule has 0 saturated carbocycles. The van der Waals surface area contributed by atoms with Gasteiger partial charge in [-0.15, -0.1) is 0 Å². The molecule has 0 unspecified atom stereocenters. The number of benzene rings is 2. The second kappa shape index (κ2) is 7.99. The Kier molecular flexibility index (Phi) is 5.08. The monoisotopic (exact) mass is 405 g/mol. The van der Waals surface area contributed by atoms with Crippen molar-refractivity contribution in [2.75, 3.05) is 10.6 Å². The summed E-state index contributed by atoms with van der Waals surface area (Å²) in [6.07, 6.45) is 1.43. The number of hydrogen-bond acceptors (Lipinski definition) is 5. The van der Waals surface area contributed by atoms with E-state index in [2.05, 4.69) is 16.0 Å². The van der Waals surface area contributed by atoms with Crippen LogP contribution in [0, 0.1) is 0 Å². The summed E-state index contributed by atoms with van der Waals surface area (Å²) >= 11 is 5.20. The van der Waals surface area contributed by atoms with Gasteiger partial charge in [0.2, 0.25) is 0 Å². The number of carbonyl (C=O) groups excluding carboxylic acids is 2. The number of carbonyl (C=O) groups is 2. The molecule has 0 radical (unpaired) electrons. The second-order valence-corrected chi connectivity index (χ2v) is 6.48. The molecular formula is C21H15N3O4S. The number of para-hydroxylation sites is 1. The third-order valence-corrected chi connectivity index (χ3v) is 4.20. The average molecular weight is 405 g/mol. The molecule has 7 nitrogen and oxygen atoms in total. The first kappa shape index (κ1) is 18.5. The topological polar surface area (TPSA) is 96.5 Å². The fraction of sp³-hybridized carbons (Fsp3) is 0. The van der Waals surface area contributed by atoms with Crippen LogP contribution in [0.5, 0.6) is 0 Å². The molecule has 0 aliphatic carbocycles. The number of nitrogens with one attached hydrogen (secondary N) is 3. The van der Waals surface area contributed by atoms with Gasteiger partial charge >= 0.3 is 0 Å². The molecule has 4 rings (SSSR count). The van der Waals surface area contributed by atoms with Crippen molar-refractivity contribution in [1.82, 2.24) is 5.32 Å². The van der Waals surface area contributed by atoms with E-state index in [1.807, 2.05) is 18.2 Å². The Morgan fingerprint density at radius 2 is 1.59 bits per heavy atom. The molecule has 0 bridgehead atoms. The third kappa shape index (κ3) is 4.33. The number of furan rings is 2. The van der Waals surface area contributed by atoms with Gasteiger partial charge in [-0.25, -0.2) is 0 Å². The van der Waals surface area contributed by atoms with Gasteiger partial charge in [-0.3, -0.25) is 14.9 Å². The van der Waals surface area contributed by atoms with E-state index in [9.17, 15) is 9.59 Å². The van der Waals surface area contributed by atoms with Crippen LogP contribution in [-0.2, 0) is 0 Å². The van der Waals surface area contributed by atoms with Crippen LogP contribution >= 0.6 is 12.2 Å². The largest absolute Gasteiger partial charge is 0.459 e. The maximum absolute atomic E-state index is 12.4. The highest BCUT2D eigenvalue weighted by Crippen LogP contribution is 2.19. The lowest BCUT2D eigenvalue weighted by molar-refractivity contribution is 0.0951. The Morgan fingerprint density at radius 1 is 0.793 bits per heavy atom. The molecule has 8 heteroatoms. The molecule has 0 aliphatic heterocycles. The Balaban J connectivity index is 1.39. The Labute approximate surface area is 170 Å². The van der Waals surface area contributed by atoms with Crippen molar-refractivity contribution in [3.8, 4) is 0 Å². The quantitative estimate of drug-likeness (QED) is 0.436. The summed E-state index contributed by atoms with van der Waals surface area (Å²) in [6.45, 7) is 0. The number of thiocarbonyl (C=S) groups is 1. The molecule has 0 saturated heterocycles. The van der Waals surface area contributed by atoms with Crippen molar-refractivity contribution in [1.29, 1.82) is 0 Å². The normalized spacial score (nSPS) is 10.5. The number of hydrogen-bond donors (Lipinski definition) is 3. The fourth-order valence-electron chi connectivity index (χ4n) is 2.70. The van der Waals surface area contributed by atoms with E-state index in [1.54, 1.807) is 48.5 Å². The van der Waals surface area contributed by atoms with Gasteiger partial charge in [0.15, 0.2) is 16.6 Å². The lowest BCUT2D eigenvalue weighted by Gasteiger charge is -2.10. The van der Waals surface area contributed by atoms with Crippen LogP contribution in [0.3, 0.4) is 0 Å². The van der Waals surface area contributed by atoms with Gasteiger partial charge in [-0.1, -0.05) is 24.3 Å². The molecule has 2 amide bonds. The average Bonchev–Trinajstić information content (AvgIpc) is 3.38. The summed E-state index contributed by atoms with van der Waals surface area (Å²) in [5, 5.41) is 9.13.